The molecule has 0 bridgehead atoms. The first-order valence-electron chi connectivity index (χ1n) is 2.97. The van der Waals surface area contributed by atoms with Crippen LogP contribution >= 0.6 is 0 Å². The molecule has 0 aliphatic carbocycles. The van der Waals surface area contributed by atoms with E-state index in [-0.39, 0.29) is 24.0 Å². The average molecular weight is 245 g/mol. The third-order valence-corrected chi connectivity index (χ3v) is 0.987. The molecule has 0 aromatic rings. The summed E-state index contributed by atoms with van der Waals surface area (Å²) in [5.41, 5.74) is 0. The number of hydrogen-bond donors (Lipinski definition) is 1. The van der Waals surface area contributed by atoms with E-state index in [0.29, 0.717) is 6.61 Å². The number of nitrogens with zero attached hydrogens (tertiary/aromatic N) is 1. The van der Waals surface area contributed by atoms with Gasteiger partial charge in [0.1, 0.15) is 0 Å². The summed E-state index contributed by atoms with van der Waals surface area (Å²) >= 11 is 0. The molecule has 0 aromatic heterocycles. The first-order valence-corrected chi connectivity index (χ1v) is 2.97. The standard InChI is InChI=1S/C6H16NO.HI/c1-7(2,3)5-4-6-8;/h8H,4-6H2,1-3H3;1H/q+1;/p-1. The van der Waals surface area contributed by atoms with Crippen molar-refractivity contribution in [3.05, 3.63) is 0 Å². The number of halogens is 1. The van der Waals surface area contributed by atoms with Crippen molar-refractivity contribution < 1.29 is 33.6 Å². The van der Waals surface area contributed by atoms with Crippen LogP contribution < -0.4 is 24.0 Å². The molecule has 58 valence electrons. The van der Waals surface area contributed by atoms with Gasteiger partial charge in [0.15, 0.2) is 0 Å². The quantitative estimate of drug-likeness (QED) is 0.417. The van der Waals surface area contributed by atoms with Gasteiger partial charge in [-0.1, -0.05) is 0 Å². The highest BCUT2D eigenvalue weighted by atomic mass is 127. The number of aliphatic hydroxyl groups excluding tert-OH is 1. The second-order valence-corrected chi connectivity index (χ2v) is 3.09. The normalized spacial score (nSPS) is 10.7. The summed E-state index contributed by atoms with van der Waals surface area (Å²) in [5, 5.41) is 8.42. The fourth-order valence-electron chi connectivity index (χ4n) is 0.545. The van der Waals surface area contributed by atoms with Crippen LogP contribution in [-0.2, 0) is 0 Å². The number of hydrogen-bond acceptors (Lipinski definition) is 1. The Morgan fingerprint density at radius 2 is 1.67 bits per heavy atom. The van der Waals surface area contributed by atoms with Crippen molar-refractivity contribution in [3.63, 3.8) is 0 Å². The predicted octanol–water partition coefficient (Wildman–Crippen LogP) is -2.92. The van der Waals surface area contributed by atoms with E-state index in [0.717, 1.165) is 17.4 Å². The lowest BCUT2D eigenvalue weighted by Gasteiger charge is -2.22. The van der Waals surface area contributed by atoms with E-state index in [9.17, 15) is 0 Å². The molecule has 0 fully saturated rings. The van der Waals surface area contributed by atoms with Gasteiger partial charge < -0.3 is 33.6 Å². The number of quaternary nitrogens is 1. The zero-order valence-corrected chi connectivity index (χ0v) is 8.55. The molecule has 0 rings (SSSR count). The second kappa shape index (κ2) is 5.44. The Balaban J connectivity index is 0. The van der Waals surface area contributed by atoms with E-state index in [1.54, 1.807) is 0 Å². The van der Waals surface area contributed by atoms with Gasteiger partial charge >= 0.3 is 0 Å². The van der Waals surface area contributed by atoms with Crippen molar-refractivity contribution in [2.24, 2.45) is 0 Å². The van der Waals surface area contributed by atoms with Gasteiger partial charge in [-0.15, -0.1) is 0 Å². The Morgan fingerprint density at radius 1 is 1.22 bits per heavy atom. The zero-order valence-electron chi connectivity index (χ0n) is 6.39. The monoisotopic (exact) mass is 245 g/mol. The van der Waals surface area contributed by atoms with Crippen molar-refractivity contribution >= 4 is 0 Å². The highest BCUT2D eigenvalue weighted by Crippen LogP contribution is 1.90. The molecule has 9 heavy (non-hydrogen) atoms. The lowest BCUT2D eigenvalue weighted by Crippen LogP contribution is -3.00. The molecule has 0 atom stereocenters. The largest absolute Gasteiger partial charge is 1.00 e. The molecule has 1 N–H and O–H groups in total. The Kier molecular flexibility index (Phi) is 7.45. The van der Waals surface area contributed by atoms with Crippen LogP contribution in [0.2, 0.25) is 0 Å². The summed E-state index contributed by atoms with van der Waals surface area (Å²) in [6.07, 6.45) is 0.906. The first kappa shape index (κ1) is 12.3. The molecule has 0 aromatic carbocycles. The minimum atomic E-state index is 0. The summed E-state index contributed by atoms with van der Waals surface area (Å²) in [6.45, 7) is 1.37. The summed E-state index contributed by atoms with van der Waals surface area (Å²) in [6, 6.07) is 0. The van der Waals surface area contributed by atoms with Gasteiger partial charge in [-0.25, -0.2) is 0 Å². The highest BCUT2D eigenvalue weighted by Gasteiger charge is 2.03. The van der Waals surface area contributed by atoms with Gasteiger partial charge in [0.2, 0.25) is 0 Å². The Labute approximate surface area is 74.5 Å². The summed E-state index contributed by atoms with van der Waals surface area (Å²) < 4.78 is 0.945. The Hall–Kier alpha value is 0.650. The van der Waals surface area contributed by atoms with E-state index in [4.69, 9.17) is 5.11 Å². The predicted molar refractivity (Wildman–Crippen MR) is 34.6 cm³/mol. The molecule has 0 aliphatic heterocycles. The summed E-state index contributed by atoms with van der Waals surface area (Å²) in [7, 11) is 6.36. The van der Waals surface area contributed by atoms with Crippen LogP contribution in [0, 0.1) is 0 Å². The molecule has 0 spiro atoms. The molecule has 0 heterocycles. The molecule has 0 unspecified atom stereocenters. The van der Waals surface area contributed by atoms with Gasteiger partial charge in [-0.2, -0.15) is 0 Å². The van der Waals surface area contributed by atoms with Crippen LogP contribution in [0.25, 0.3) is 0 Å². The minimum absolute atomic E-state index is 0. The molecule has 3 heteroatoms. The lowest BCUT2D eigenvalue weighted by molar-refractivity contribution is -0.870. The van der Waals surface area contributed by atoms with E-state index in [1.165, 1.54) is 0 Å². The van der Waals surface area contributed by atoms with Gasteiger partial charge in [-0.3, -0.25) is 0 Å². The third-order valence-electron chi connectivity index (χ3n) is 0.987. The molecule has 0 aliphatic rings. The maximum absolute atomic E-state index is 8.42. The van der Waals surface area contributed by atoms with Crippen LogP contribution in [0.3, 0.4) is 0 Å². The lowest BCUT2D eigenvalue weighted by atomic mass is 10.4. The topological polar surface area (TPSA) is 20.2 Å². The minimum Gasteiger partial charge on any atom is -1.00 e. The molecule has 0 saturated heterocycles. The molecular weight excluding hydrogens is 229 g/mol. The van der Waals surface area contributed by atoms with Gasteiger partial charge in [0.05, 0.1) is 27.7 Å². The molecule has 2 nitrogen and oxygen atoms in total. The maximum atomic E-state index is 8.42. The maximum Gasteiger partial charge on any atom is 0.0802 e. The third kappa shape index (κ3) is 12.0. The Bertz CT molecular complexity index is 60.6. The fourth-order valence-corrected chi connectivity index (χ4v) is 0.545. The summed E-state index contributed by atoms with van der Waals surface area (Å²) in [5.74, 6) is 0. The summed E-state index contributed by atoms with van der Waals surface area (Å²) in [4.78, 5) is 0. The van der Waals surface area contributed by atoms with E-state index in [2.05, 4.69) is 21.1 Å². The zero-order chi connectivity index (χ0) is 6.62. The first-order chi connectivity index (χ1) is 3.56. The van der Waals surface area contributed by atoms with Gasteiger partial charge in [0, 0.05) is 13.0 Å². The molecule has 0 saturated carbocycles. The van der Waals surface area contributed by atoms with Crippen LogP contribution in [0.4, 0.5) is 0 Å². The highest BCUT2D eigenvalue weighted by molar-refractivity contribution is 4.28. The van der Waals surface area contributed by atoms with Crippen LogP contribution in [-0.4, -0.2) is 43.9 Å². The number of rotatable bonds is 3. The van der Waals surface area contributed by atoms with Crippen molar-refractivity contribution in [1.29, 1.82) is 0 Å². The van der Waals surface area contributed by atoms with E-state index in [1.807, 2.05) is 0 Å². The Morgan fingerprint density at radius 3 is 1.78 bits per heavy atom. The van der Waals surface area contributed by atoms with Gasteiger partial charge in [0.25, 0.3) is 0 Å². The van der Waals surface area contributed by atoms with Gasteiger partial charge in [-0.05, 0) is 0 Å². The van der Waals surface area contributed by atoms with Crippen LogP contribution in [0.1, 0.15) is 6.42 Å². The van der Waals surface area contributed by atoms with Crippen molar-refractivity contribution in [1.82, 2.24) is 0 Å². The molecule has 0 radical (unpaired) electrons. The molecular formula is C6H16INO. The average Bonchev–Trinajstić information content (AvgIpc) is 1.59. The smallest absolute Gasteiger partial charge is 0.0802 e. The van der Waals surface area contributed by atoms with E-state index < -0.39 is 0 Å². The van der Waals surface area contributed by atoms with Crippen molar-refractivity contribution in [2.45, 2.75) is 6.42 Å². The SMILES string of the molecule is C[N+](C)(C)CCCO.[I-]. The van der Waals surface area contributed by atoms with Crippen LogP contribution in [0.15, 0.2) is 0 Å². The second-order valence-electron chi connectivity index (χ2n) is 3.09. The van der Waals surface area contributed by atoms with Crippen molar-refractivity contribution in [2.75, 3.05) is 34.3 Å². The molecule has 0 amide bonds. The van der Waals surface area contributed by atoms with Crippen LogP contribution in [0.5, 0.6) is 0 Å². The fraction of sp³-hybridized carbons (Fsp3) is 1.00. The van der Waals surface area contributed by atoms with Crippen molar-refractivity contribution in [3.8, 4) is 0 Å². The van der Waals surface area contributed by atoms with E-state index >= 15 is 0 Å². The number of aliphatic hydroxyl groups is 1.